The molecule has 2 aliphatic heterocycles. The number of hydrogen-bond donors (Lipinski definition) is 2. The summed E-state index contributed by atoms with van der Waals surface area (Å²) < 4.78 is 11.2. The van der Waals surface area contributed by atoms with Crippen LogP contribution in [0.2, 0.25) is 0 Å². The predicted molar refractivity (Wildman–Crippen MR) is 110 cm³/mol. The highest BCUT2D eigenvalue weighted by atomic mass is 16.5. The van der Waals surface area contributed by atoms with Crippen LogP contribution < -0.4 is 15.5 Å². The molecule has 3 rings (SSSR count). The van der Waals surface area contributed by atoms with Crippen molar-refractivity contribution in [2.75, 3.05) is 44.4 Å². The molecule has 27 heavy (non-hydrogen) atoms. The van der Waals surface area contributed by atoms with E-state index in [2.05, 4.69) is 65.8 Å². The van der Waals surface area contributed by atoms with Crippen LogP contribution in [-0.2, 0) is 16.0 Å². The summed E-state index contributed by atoms with van der Waals surface area (Å²) in [6.45, 7) is 9.84. The molecule has 1 saturated heterocycles. The lowest BCUT2D eigenvalue weighted by atomic mass is 10.2. The van der Waals surface area contributed by atoms with E-state index in [1.807, 2.05) is 0 Å². The normalized spacial score (nSPS) is 20.9. The summed E-state index contributed by atoms with van der Waals surface area (Å²) in [6, 6.07) is 8.87. The monoisotopic (exact) mass is 372 g/mol. The lowest BCUT2D eigenvalue weighted by molar-refractivity contribution is 0.0347. The van der Waals surface area contributed by atoms with Gasteiger partial charge in [0.05, 0.1) is 25.9 Å². The summed E-state index contributed by atoms with van der Waals surface area (Å²) in [5.74, 6) is 0.823. The van der Waals surface area contributed by atoms with Crippen molar-refractivity contribution in [1.82, 2.24) is 10.6 Å². The highest BCUT2D eigenvalue weighted by Gasteiger charge is 2.17. The molecule has 0 radical (unpaired) electrons. The van der Waals surface area contributed by atoms with Crippen molar-refractivity contribution in [3.8, 4) is 0 Å². The van der Waals surface area contributed by atoms with Crippen molar-refractivity contribution in [1.29, 1.82) is 0 Å². The van der Waals surface area contributed by atoms with Crippen molar-refractivity contribution in [2.45, 2.75) is 39.0 Å². The number of ether oxygens (including phenoxy) is 2. The molecule has 0 aromatic heterocycles. The maximum Gasteiger partial charge on any atom is 0.191 e. The molecule has 1 fully saturated rings. The zero-order valence-corrected chi connectivity index (χ0v) is 16.5. The van der Waals surface area contributed by atoms with E-state index in [0.29, 0.717) is 19.8 Å². The molecular weight excluding hydrogens is 340 g/mol. The second-order valence-electron chi connectivity index (χ2n) is 7.10. The Morgan fingerprint density at radius 2 is 2.07 bits per heavy atom. The van der Waals surface area contributed by atoms with Gasteiger partial charge < -0.3 is 25.0 Å². The van der Waals surface area contributed by atoms with Crippen LogP contribution in [0, 0.1) is 0 Å². The van der Waals surface area contributed by atoms with Gasteiger partial charge in [-0.2, -0.15) is 0 Å². The molecule has 2 N–H and O–H groups in total. The van der Waals surface area contributed by atoms with Gasteiger partial charge in [0.15, 0.2) is 5.96 Å². The number of anilines is 1. The van der Waals surface area contributed by atoms with E-state index in [0.717, 1.165) is 38.6 Å². The maximum absolute atomic E-state index is 5.89. The Bertz CT molecular complexity index is 616. The summed E-state index contributed by atoms with van der Waals surface area (Å²) in [6.07, 6.45) is 5.64. The molecule has 0 spiro atoms. The number of guanidine groups is 1. The fourth-order valence-electron chi connectivity index (χ4n) is 3.19. The van der Waals surface area contributed by atoms with Crippen LogP contribution in [0.4, 0.5) is 5.69 Å². The second kappa shape index (κ2) is 10.3. The van der Waals surface area contributed by atoms with Crippen LogP contribution in [0.15, 0.2) is 41.4 Å². The van der Waals surface area contributed by atoms with Crippen LogP contribution in [0.25, 0.3) is 0 Å². The summed E-state index contributed by atoms with van der Waals surface area (Å²) in [4.78, 5) is 7.06. The van der Waals surface area contributed by atoms with Crippen LogP contribution >= 0.6 is 0 Å². The smallest absolute Gasteiger partial charge is 0.191 e. The first kappa shape index (κ1) is 19.7. The van der Waals surface area contributed by atoms with E-state index < -0.39 is 0 Å². The SMILES string of the molecule is CCNC(=NCc1ccc(N2CC=CC2)cc1)NC(C)COC1CCOC1. The number of nitrogens with one attached hydrogen (secondary N) is 2. The Labute approximate surface area is 162 Å². The first-order valence-electron chi connectivity index (χ1n) is 9.97. The van der Waals surface area contributed by atoms with Crippen LogP contribution in [0.5, 0.6) is 0 Å². The van der Waals surface area contributed by atoms with Gasteiger partial charge in [-0.15, -0.1) is 0 Å². The van der Waals surface area contributed by atoms with Gasteiger partial charge in [0.25, 0.3) is 0 Å². The summed E-state index contributed by atoms with van der Waals surface area (Å²) in [5.41, 5.74) is 2.47. The fourth-order valence-corrected chi connectivity index (χ4v) is 3.19. The van der Waals surface area contributed by atoms with Crippen LogP contribution in [0.1, 0.15) is 25.8 Å². The predicted octanol–water partition coefficient (Wildman–Crippen LogP) is 2.31. The zero-order valence-electron chi connectivity index (χ0n) is 16.5. The Morgan fingerprint density at radius 3 is 2.74 bits per heavy atom. The standard InChI is InChI=1S/C21H32N4O2/c1-3-22-21(24-17(2)15-27-20-10-13-26-16-20)23-14-18-6-8-19(9-7-18)25-11-4-5-12-25/h4-9,17,20H,3,10-16H2,1-2H3,(H2,22,23,24). The van der Waals surface area contributed by atoms with Gasteiger partial charge in [0.2, 0.25) is 0 Å². The lowest BCUT2D eigenvalue weighted by Gasteiger charge is -2.20. The minimum atomic E-state index is 0.188. The molecule has 1 aromatic rings. The maximum atomic E-state index is 5.89. The second-order valence-corrected chi connectivity index (χ2v) is 7.10. The molecular formula is C21H32N4O2. The van der Waals surface area contributed by atoms with Gasteiger partial charge in [0, 0.05) is 38.0 Å². The molecule has 2 atom stereocenters. The average molecular weight is 373 g/mol. The van der Waals surface area contributed by atoms with Crippen LogP contribution in [0.3, 0.4) is 0 Å². The molecule has 0 bridgehead atoms. The topological polar surface area (TPSA) is 58.1 Å². The molecule has 2 unspecified atom stereocenters. The molecule has 2 aliphatic rings. The van der Waals surface area contributed by atoms with E-state index in [-0.39, 0.29) is 12.1 Å². The number of aliphatic imine (C=N–C) groups is 1. The van der Waals surface area contributed by atoms with Gasteiger partial charge in [-0.3, -0.25) is 0 Å². The molecule has 6 heteroatoms. The largest absolute Gasteiger partial charge is 0.379 e. The van der Waals surface area contributed by atoms with E-state index in [1.54, 1.807) is 0 Å². The third-order valence-corrected chi connectivity index (χ3v) is 4.74. The first-order chi connectivity index (χ1) is 13.2. The Morgan fingerprint density at radius 1 is 1.30 bits per heavy atom. The van der Waals surface area contributed by atoms with Crippen molar-refractivity contribution in [2.24, 2.45) is 4.99 Å². The van der Waals surface area contributed by atoms with E-state index >= 15 is 0 Å². The number of rotatable bonds is 8. The van der Waals surface area contributed by atoms with Gasteiger partial charge >= 0.3 is 0 Å². The Kier molecular flexibility index (Phi) is 7.54. The van der Waals surface area contributed by atoms with Gasteiger partial charge in [-0.1, -0.05) is 24.3 Å². The van der Waals surface area contributed by atoms with Gasteiger partial charge in [0.1, 0.15) is 0 Å². The lowest BCUT2D eigenvalue weighted by Crippen LogP contribution is -2.44. The van der Waals surface area contributed by atoms with Crippen molar-refractivity contribution < 1.29 is 9.47 Å². The molecule has 2 heterocycles. The minimum absolute atomic E-state index is 0.188. The summed E-state index contributed by atoms with van der Waals surface area (Å²) in [5, 5.41) is 6.73. The number of benzene rings is 1. The van der Waals surface area contributed by atoms with Crippen LogP contribution in [-0.4, -0.2) is 57.6 Å². The molecule has 6 nitrogen and oxygen atoms in total. The number of hydrogen-bond acceptors (Lipinski definition) is 4. The van der Waals surface area contributed by atoms with Gasteiger partial charge in [-0.25, -0.2) is 4.99 Å². The molecule has 0 amide bonds. The summed E-state index contributed by atoms with van der Waals surface area (Å²) in [7, 11) is 0. The van der Waals surface area contributed by atoms with E-state index in [1.165, 1.54) is 11.3 Å². The average Bonchev–Trinajstić information content (AvgIpc) is 3.39. The van der Waals surface area contributed by atoms with Crippen molar-refractivity contribution in [3.63, 3.8) is 0 Å². The molecule has 148 valence electrons. The minimum Gasteiger partial charge on any atom is -0.379 e. The third kappa shape index (κ3) is 6.26. The quantitative estimate of drug-likeness (QED) is 0.417. The highest BCUT2D eigenvalue weighted by molar-refractivity contribution is 5.80. The van der Waals surface area contributed by atoms with Crippen molar-refractivity contribution in [3.05, 3.63) is 42.0 Å². The summed E-state index contributed by atoms with van der Waals surface area (Å²) >= 11 is 0. The Hall–Kier alpha value is -2.05. The zero-order chi connectivity index (χ0) is 18.9. The van der Waals surface area contributed by atoms with E-state index in [4.69, 9.17) is 14.5 Å². The van der Waals surface area contributed by atoms with E-state index in [9.17, 15) is 0 Å². The van der Waals surface area contributed by atoms with Crippen molar-refractivity contribution >= 4 is 11.6 Å². The molecule has 0 saturated carbocycles. The number of nitrogens with zero attached hydrogens (tertiary/aromatic N) is 2. The molecule has 0 aliphatic carbocycles. The third-order valence-electron chi connectivity index (χ3n) is 4.74. The van der Waals surface area contributed by atoms with Gasteiger partial charge in [-0.05, 0) is 38.0 Å². The first-order valence-corrected chi connectivity index (χ1v) is 9.97. The highest BCUT2D eigenvalue weighted by Crippen LogP contribution is 2.18. The Balaban J connectivity index is 1.48. The fraction of sp³-hybridized carbons (Fsp3) is 0.571. The molecule has 1 aromatic carbocycles.